The van der Waals surface area contributed by atoms with Crippen LogP contribution in [0.25, 0.3) is 11.2 Å². The molecule has 18 heavy (non-hydrogen) atoms. The molecule has 2 aromatic heterocycles. The fourth-order valence-electron chi connectivity index (χ4n) is 2.63. The van der Waals surface area contributed by atoms with Gasteiger partial charge in [-0.25, -0.2) is 9.97 Å². The van der Waals surface area contributed by atoms with Gasteiger partial charge in [0.15, 0.2) is 5.65 Å². The average Bonchev–Trinajstić information content (AvgIpc) is 2.94. The summed E-state index contributed by atoms with van der Waals surface area (Å²) in [6.45, 7) is 5.70. The smallest absolute Gasteiger partial charge is 0.160 e. The number of nitrogens with zero attached hydrogens (tertiary/aromatic N) is 3. The first-order chi connectivity index (χ1) is 8.65. The maximum absolute atomic E-state index is 6.04. The van der Waals surface area contributed by atoms with E-state index in [1.54, 1.807) is 0 Å². The summed E-state index contributed by atoms with van der Waals surface area (Å²) in [7, 11) is 0. The molecule has 5 heteroatoms. The van der Waals surface area contributed by atoms with Crippen LogP contribution in [0.3, 0.4) is 0 Å². The first-order valence-corrected chi connectivity index (χ1v) is 6.66. The Bertz CT molecular complexity index is 587. The lowest BCUT2D eigenvalue weighted by Crippen LogP contribution is -2.32. The molecule has 1 aliphatic rings. The van der Waals surface area contributed by atoms with E-state index in [4.69, 9.17) is 16.3 Å². The molecule has 3 rings (SSSR count). The van der Waals surface area contributed by atoms with Gasteiger partial charge in [-0.1, -0.05) is 0 Å². The SMILES string of the molecule is Cc1ccnc2c1nc(CCl)n2C1(C)CCOC1. The molecule has 1 aliphatic heterocycles. The van der Waals surface area contributed by atoms with Crippen molar-refractivity contribution in [2.75, 3.05) is 13.2 Å². The Hall–Kier alpha value is -1.13. The summed E-state index contributed by atoms with van der Waals surface area (Å²) in [5.74, 6) is 1.27. The molecular formula is C13H16ClN3O. The highest BCUT2D eigenvalue weighted by Crippen LogP contribution is 2.32. The second-order valence-corrected chi connectivity index (χ2v) is 5.36. The van der Waals surface area contributed by atoms with Crippen LogP contribution in [0, 0.1) is 6.92 Å². The van der Waals surface area contributed by atoms with E-state index >= 15 is 0 Å². The van der Waals surface area contributed by atoms with Crippen molar-refractivity contribution in [3.05, 3.63) is 23.7 Å². The minimum atomic E-state index is -0.0836. The molecule has 0 aromatic carbocycles. The molecule has 3 heterocycles. The maximum Gasteiger partial charge on any atom is 0.160 e. The number of halogens is 1. The van der Waals surface area contributed by atoms with Crippen LogP contribution in [0.4, 0.5) is 0 Å². The minimum Gasteiger partial charge on any atom is -0.379 e. The van der Waals surface area contributed by atoms with Crippen molar-refractivity contribution in [3.63, 3.8) is 0 Å². The van der Waals surface area contributed by atoms with Crippen molar-refractivity contribution < 1.29 is 4.74 Å². The van der Waals surface area contributed by atoms with Gasteiger partial charge in [-0.3, -0.25) is 0 Å². The number of aryl methyl sites for hydroxylation is 1. The second-order valence-electron chi connectivity index (χ2n) is 5.10. The molecule has 0 aliphatic carbocycles. The van der Waals surface area contributed by atoms with E-state index in [2.05, 4.69) is 21.5 Å². The van der Waals surface area contributed by atoms with Gasteiger partial charge in [-0.2, -0.15) is 0 Å². The summed E-state index contributed by atoms with van der Waals surface area (Å²) < 4.78 is 7.71. The van der Waals surface area contributed by atoms with Gasteiger partial charge in [0.2, 0.25) is 0 Å². The maximum atomic E-state index is 6.04. The highest BCUT2D eigenvalue weighted by molar-refractivity contribution is 6.16. The van der Waals surface area contributed by atoms with E-state index in [-0.39, 0.29) is 5.54 Å². The third-order valence-corrected chi connectivity index (χ3v) is 3.91. The Morgan fingerprint density at radius 1 is 1.56 bits per heavy atom. The number of aromatic nitrogens is 3. The first-order valence-electron chi connectivity index (χ1n) is 6.13. The third kappa shape index (κ3) is 1.63. The summed E-state index contributed by atoms with van der Waals surface area (Å²) in [5, 5.41) is 0. The summed E-state index contributed by atoms with van der Waals surface area (Å²) in [5.41, 5.74) is 2.91. The van der Waals surface area contributed by atoms with Crippen LogP contribution in [0.1, 0.15) is 24.7 Å². The van der Waals surface area contributed by atoms with Crippen LogP contribution in [0.5, 0.6) is 0 Å². The molecule has 4 nitrogen and oxygen atoms in total. The van der Waals surface area contributed by atoms with Crippen molar-refractivity contribution in [1.29, 1.82) is 0 Å². The molecule has 2 aromatic rings. The van der Waals surface area contributed by atoms with E-state index in [0.717, 1.165) is 35.6 Å². The number of imidazole rings is 1. The Morgan fingerprint density at radius 3 is 3.06 bits per heavy atom. The van der Waals surface area contributed by atoms with Gasteiger partial charge in [0, 0.05) is 12.8 Å². The molecule has 1 saturated heterocycles. The lowest BCUT2D eigenvalue weighted by molar-refractivity contribution is 0.162. The number of hydrogen-bond acceptors (Lipinski definition) is 3. The molecule has 1 atom stereocenters. The number of ether oxygens (including phenoxy) is 1. The van der Waals surface area contributed by atoms with Crippen LogP contribution in [-0.2, 0) is 16.2 Å². The normalized spacial score (nSPS) is 23.9. The predicted octanol–water partition coefficient (Wildman–Crippen LogP) is 2.61. The largest absolute Gasteiger partial charge is 0.379 e. The van der Waals surface area contributed by atoms with Crippen LogP contribution >= 0.6 is 11.6 Å². The topological polar surface area (TPSA) is 39.9 Å². The van der Waals surface area contributed by atoms with Gasteiger partial charge >= 0.3 is 0 Å². The molecule has 1 unspecified atom stereocenters. The summed E-state index contributed by atoms with van der Waals surface area (Å²) in [6.07, 6.45) is 2.80. The van der Waals surface area contributed by atoms with Crippen LogP contribution in [0.2, 0.25) is 0 Å². The van der Waals surface area contributed by atoms with Gasteiger partial charge in [-0.05, 0) is 31.9 Å². The van der Waals surface area contributed by atoms with E-state index < -0.39 is 0 Å². The first kappa shape index (κ1) is 11.9. The number of alkyl halides is 1. The summed E-state index contributed by atoms with van der Waals surface area (Å²) >= 11 is 6.04. The standard InChI is InChI=1S/C13H16ClN3O/c1-9-3-5-15-12-11(9)16-10(7-14)17(12)13(2)4-6-18-8-13/h3,5H,4,6-8H2,1-2H3. The number of rotatable bonds is 2. The zero-order chi connectivity index (χ0) is 12.8. The Labute approximate surface area is 111 Å². The van der Waals surface area contributed by atoms with Crippen LogP contribution in [0.15, 0.2) is 12.3 Å². The van der Waals surface area contributed by atoms with Crippen molar-refractivity contribution in [1.82, 2.24) is 14.5 Å². The van der Waals surface area contributed by atoms with E-state index in [0.29, 0.717) is 12.5 Å². The summed E-state index contributed by atoms with van der Waals surface area (Å²) in [4.78, 5) is 9.12. The van der Waals surface area contributed by atoms with E-state index in [1.165, 1.54) is 0 Å². The Kier molecular flexibility index (Phi) is 2.79. The van der Waals surface area contributed by atoms with Crippen molar-refractivity contribution in [2.45, 2.75) is 31.7 Å². The fraction of sp³-hybridized carbons (Fsp3) is 0.538. The zero-order valence-electron chi connectivity index (χ0n) is 10.6. The molecular weight excluding hydrogens is 250 g/mol. The predicted molar refractivity (Wildman–Crippen MR) is 70.9 cm³/mol. The number of pyridine rings is 1. The quantitative estimate of drug-likeness (QED) is 0.784. The van der Waals surface area contributed by atoms with Gasteiger partial charge < -0.3 is 9.30 Å². The van der Waals surface area contributed by atoms with Gasteiger partial charge in [0.1, 0.15) is 11.3 Å². The molecule has 0 N–H and O–H groups in total. The molecule has 0 bridgehead atoms. The lowest BCUT2D eigenvalue weighted by Gasteiger charge is -2.26. The molecule has 0 spiro atoms. The summed E-state index contributed by atoms with van der Waals surface area (Å²) in [6, 6.07) is 1.98. The Balaban J connectivity index is 2.29. The van der Waals surface area contributed by atoms with E-state index in [1.807, 2.05) is 19.2 Å². The molecule has 0 amide bonds. The Morgan fingerprint density at radius 2 is 2.39 bits per heavy atom. The molecule has 1 fully saturated rings. The second kappa shape index (κ2) is 4.21. The lowest BCUT2D eigenvalue weighted by atomic mass is 10.0. The van der Waals surface area contributed by atoms with Crippen LogP contribution < -0.4 is 0 Å². The van der Waals surface area contributed by atoms with Gasteiger partial charge in [0.25, 0.3) is 0 Å². The van der Waals surface area contributed by atoms with Crippen molar-refractivity contribution >= 4 is 22.8 Å². The van der Waals surface area contributed by atoms with Crippen molar-refractivity contribution in [2.24, 2.45) is 0 Å². The fourth-order valence-corrected chi connectivity index (χ4v) is 2.81. The van der Waals surface area contributed by atoms with Crippen molar-refractivity contribution in [3.8, 4) is 0 Å². The third-order valence-electron chi connectivity index (χ3n) is 3.67. The van der Waals surface area contributed by atoms with Gasteiger partial charge in [-0.15, -0.1) is 11.6 Å². The molecule has 0 radical (unpaired) electrons. The van der Waals surface area contributed by atoms with Crippen LogP contribution in [-0.4, -0.2) is 27.7 Å². The molecule has 96 valence electrons. The number of hydrogen-bond donors (Lipinski definition) is 0. The van der Waals surface area contributed by atoms with E-state index in [9.17, 15) is 0 Å². The van der Waals surface area contributed by atoms with Gasteiger partial charge in [0.05, 0.1) is 18.0 Å². The molecule has 0 saturated carbocycles. The minimum absolute atomic E-state index is 0.0836. The monoisotopic (exact) mass is 265 g/mol. The zero-order valence-corrected chi connectivity index (χ0v) is 11.4. The number of fused-ring (bicyclic) bond motifs is 1. The highest BCUT2D eigenvalue weighted by atomic mass is 35.5. The highest BCUT2D eigenvalue weighted by Gasteiger charge is 2.35. The average molecular weight is 266 g/mol.